The molecule has 0 spiro atoms. The number of hydrogen-bond donors (Lipinski definition) is 2. The highest BCUT2D eigenvalue weighted by atomic mass is 16.1. The number of para-hydroxylation sites is 1. The number of nitrogens with one attached hydrogen (secondary N) is 2. The van der Waals surface area contributed by atoms with Crippen molar-refractivity contribution in [1.82, 2.24) is 5.32 Å². The van der Waals surface area contributed by atoms with E-state index in [4.69, 9.17) is 0 Å². The van der Waals surface area contributed by atoms with Crippen LogP contribution in [0.3, 0.4) is 0 Å². The Morgan fingerprint density at radius 3 is 2.36 bits per heavy atom. The first-order valence-corrected chi connectivity index (χ1v) is 7.84. The lowest BCUT2D eigenvalue weighted by Crippen LogP contribution is -2.29. The molecule has 0 radical (unpaired) electrons. The van der Waals surface area contributed by atoms with Crippen molar-refractivity contribution in [2.24, 2.45) is 0 Å². The molecule has 3 heteroatoms. The minimum absolute atomic E-state index is 0.0795. The Morgan fingerprint density at radius 1 is 1.05 bits per heavy atom. The summed E-state index contributed by atoms with van der Waals surface area (Å²) in [5.41, 5.74) is 3.44. The SMILES string of the molecule is CCC(NC(=O)CCNc1ccccc1)c1ccc(C)cc1. The molecule has 2 rings (SSSR count). The molecule has 3 nitrogen and oxygen atoms in total. The Hall–Kier alpha value is -2.29. The molecule has 0 aliphatic rings. The van der Waals surface area contributed by atoms with Crippen molar-refractivity contribution in [3.05, 3.63) is 65.7 Å². The molecule has 0 aliphatic carbocycles. The molecule has 0 saturated heterocycles. The number of carbonyl (C=O) groups is 1. The summed E-state index contributed by atoms with van der Waals surface area (Å²) in [6.45, 7) is 4.80. The number of carbonyl (C=O) groups excluding carboxylic acids is 1. The van der Waals surface area contributed by atoms with Crippen LogP contribution in [0.4, 0.5) is 5.69 Å². The van der Waals surface area contributed by atoms with Gasteiger partial charge in [-0.15, -0.1) is 0 Å². The van der Waals surface area contributed by atoms with Gasteiger partial charge in [-0.3, -0.25) is 4.79 Å². The lowest BCUT2D eigenvalue weighted by atomic mass is 10.0. The predicted octanol–water partition coefficient (Wildman–Crippen LogP) is 4.06. The first-order valence-electron chi connectivity index (χ1n) is 7.84. The quantitative estimate of drug-likeness (QED) is 0.809. The van der Waals surface area contributed by atoms with E-state index >= 15 is 0 Å². The summed E-state index contributed by atoms with van der Waals surface area (Å²) in [7, 11) is 0. The highest BCUT2D eigenvalue weighted by Crippen LogP contribution is 2.17. The van der Waals surface area contributed by atoms with Crippen molar-refractivity contribution in [3.8, 4) is 0 Å². The molecule has 2 N–H and O–H groups in total. The van der Waals surface area contributed by atoms with Crippen LogP contribution in [0.15, 0.2) is 54.6 Å². The molecule has 2 aromatic rings. The van der Waals surface area contributed by atoms with Crippen LogP contribution in [-0.4, -0.2) is 12.5 Å². The Morgan fingerprint density at radius 2 is 1.73 bits per heavy atom. The third-order valence-electron chi connectivity index (χ3n) is 3.68. The van der Waals surface area contributed by atoms with Crippen molar-refractivity contribution in [2.45, 2.75) is 32.7 Å². The third-order valence-corrected chi connectivity index (χ3v) is 3.68. The van der Waals surface area contributed by atoms with E-state index in [1.165, 1.54) is 5.56 Å². The lowest BCUT2D eigenvalue weighted by molar-refractivity contribution is -0.121. The van der Waals surface area contributed by atoms with Gasteiger partial charge in [0.1, 0.15) is 0 Å². The minimum atomic E-state index is 0.0795. The molecule has 0 aliphatic heterocycles. The van der Waals surface area contributed by atoms with Crippen molar-refractivity contribution < 1.29 is 4.79 Å². The number of benzene rings is 2. The van der Waals surface area contributed by atoms with Gasteiger partial charge in [0.2, 0.25) is 5.91 Å². The molecule has 1 atom stereocenters. The molecule has 1 amide bonds. The maximum atomic E-state index is 12.1. The fourth-order valence-corrected chi connectivity index (χ4v) is 2.36. The van der Waals surface area contributed by atoms with Gasteiger partial charge in [0.05, 0.1) is 6.04 Å². The number of anilines is 1. The van der Waals surface area contributed by atoms with Crippen molar-refractivity contribution in [1.29, 1.82) is 0 Å². The summed E-state index contributed by atoms with van der Waals surface area (Å²) in [6.07, 6.45) is 1.36. The van der Waals surface area contributed by atoms with Gasteiger partial charge in [-0.25, -0.2) is 0 Å². The van der Waals surface area contributed by atoms with Gasteiger partial charge in [0.15, 0.2) is 0 Å². The summed E-state index contributed by atoms with van der Waals surface area (Å²) >= 11 is 0. The van der Waals surface area contributed by atoms with Crippen molar-refractivity contribution in [2.75, 3.05) is 11.9 Å². The summed E-state index contributed by atoms with van der Waals surface area (Å²) < 4.78 is 0. The highest BCUT2D eigenvalue weighted by molar-refractivity contribution is 5.77. The molecular formula is C19H24N2O. The zero-order valence-electron chi connectivity index (χ0n) is 13.3. The van der Waals surface area contributed by atoms with Gasteiger partial charge in [0.25, 0.3) is 0 Å². The van der Waals surface area contributed by atoms with Gasteiger partial charge in [-0.2, -0.15) is 0 Å². The van der Waals surface area contributed by atoms with Gasteiger partial charge in [0, 0.05) is 18.7 Å². The predicted molar refractivity (Wildman–Crippen MR) is 91.9 cm³/mol. The van der Waals surface area contributed by atoms with E-state index in [1.54, 1.807) is 0 Å². The second-order valence-electron chi connectivity index (χ2n) is 5.48. The van der Waals surface area contributed by atoms with Crippen LogP contribution in [0.1, 0.15) is 36.9 Å². The van der Waals surface area contributed by atoms with Crippen molar-refractivity contribution in [3.63, 3.8) is 0 Å². The molecule has 2 aromatic carbocycles. The summed E-state index contributed by atoms with van der Waals surface area (Å²) in [6, 6.07) is 18.4. The van der Waals surface area contributed by atoms with E-state index in [1.807, 2.05) is 30.3 Å². The van der Waals surface area contributed by atoms with Crippen LogP contribution >= 0.6 is 0 Å². The largest absolute Gasteiger partial charge is 0.385 e. The van der Waals surface area contributed by atoms with Crippen molar-refractivity contribution >= 4 is 11.6 Å². The van der Waals surface area contributed by atoms with E-state index in [2.05, 4.69) is 48.7 Å². The average Bonchev–Trinajstić information content (AvgIpc) is 2.54. The zero-order chi connectivity index (χ0) is 15.8. The standard InChI is InChI=1S/C19H24N2O/c1-3-18(16-11-9-15(2)10-12-16)21-19(22)13-14-20-17-7-5-4-6-8-17/h4-12,18,20H,3,13-14H2,1-2H3,(H,21,22). The van der Waals surface area contributed by atoms with E-state index in [0.717, 1.165) is 17.7 Å². The average molecular weight is 296 g/mol. The van der Waals surface area contributed by atoms with Crippen LogP contribution in [0.25, 0.3) is 0 Å². The molecule has 116 valence electrons. The first kappa shape index (κ1) is 16.1. The molecule has 22 heavy (non-hydrogen) atoms. The molecular weight excluding hydrogens is 272 g/mol. The van der Waals surface area contributed by atoms with E-state index in [9.17, 15) is 4.79 Å². The monoisotopic (exact) mass is 296 g/mol. The van der Waals surface area contributed by atoms with Gasteiger partial charge < -0.3 is 10.6 Å². The topological polar surface area (TPSA) is 41.1 Å². The summed E-state index contributed by atoms with van der Waals surface area (Å²) in [5.74, 6) is 0.0795. The van der Waals surface area contributed by atoms with Crippen LogP contribution in [0.5, 0.6) is 0 Å². The molecule has 0 bridgehead atoms. The summed E-state index contributed by atoms with van der Waals surface area (Å²) in [4.78, 5) is 12.1. The van der Waals surface area contributed by atoms with E-state index in [-0.39, 0.29) is 11.9 Å². The van der Waals surface area contributed by atoms with Crippen LogP contribution in [-0.2, 0) is 4.79 Å². The van der Waals surface area contributed by atoms with E-state index < -0.39 is 0 Å². The lowest BCUT2D eigenvalue weighted by Gasteiger charge is -2.18. The smallest absolute Gasteiger partial charge is 0.222 e. The molecule has 1 unspecified atom stereocenters. The first-order chi connectivity index (χ1) is 10.7. The molecule has 0 aromatic heterocycles. The maximum absolute atomic E-state index is 12.1. The number of rotatable bonds is 7. The fourth-order valence-electron chi connectivity index (χ4n) is 2.36. The number of amides is 1. The number of hydrogen-bond acceptors (Lipinski definition) is 2. The number of aryl methyl sites for hydroxylation is 1. The second-order valence-corrected chi connectivity index (χ2v) is 5.48. The van der Waals surface area contributed by atoms with Crippen LogP contribution < -0.4 is 10.6 Å². The fraction of sp³-hybridized carbons (Fsp3) is 0.316. The van der Waals surface area contributed by atoms with Gasteiger partial charge >= 0.3 is 0 Å². The molecule has 0 heterocycles. The van der Waals surface area contributed by atoms with Crippen LogP contribution in [0, 0.1) is 6.92 Å². The van der Waals surface area contributed by atoms with Gasteiger partial charge in [-0.1, -0.05) is 55.0 Å². The Labute approximate surface area is 132 Å². The Balaban J connectivity index is 1.81. The third kappa shape index (κ3) is 4.92. The Bertz CT molecular complexity index is 578. The summed E-state index contributed by atoms with van der Waals surface area (Å²) in [5, 5.41) is 6.36. The minimum Gasteiger partial charge on any atom is -0.385 e. The normalized spacial score (nSPS) is 11.7. The zero-order valence-corrected chi connectivity index (χ0v) is 13.3. The molecule has 0 saturated carbocycles. The Kier molecular flexibility index (Phi) is 6.01. The van der Waals surface area contributed by atoms with E-state index in [0.29, 0.717) is 13.0 Å². The molecule has 0 fully saturated rings. The van der Waals surface area contributed by atoms with Crippen LogP contribution in [0.2, 0.25) is 0 Å². The second kappa shape index (κ2) is 8.23. The highest BCUT2D eigenvalue weighted by Gasteiger charge is 2.12. The van der Waals surface area contributed by atoms with Gasteiger partial charge in [-0.05, 0) is 31.0 Å². The maximum Gasteiger partial charge on any atom is 0.222 e.